The summed E-state index contributed by atoms with van der Waals surface area (Å²) in [5.74, 6) is 0.110. The SMILES string of the molecule is CC(=O)OCC[C@@H](C)CC[C@H]1C(C(=O)O)=CC[C@H]2C(C)(C)CCC[C@]12C. The standard InChI is InChI=1S/C22H36O4/c1-15(11-14-26-16(2)23)7-9-18-17(20(24)25)8-10-19-21(3,4)12-6-13-22(18,19)5/h8,15,18-19H,6-7,9-14H2,1-5H3,(H,24,25)/t15-,18-,19-,22+/m0/s1. The Labute approximate surface area is 158 Å². The largest absolute Gasteiger partial charge is 0.478 e. The number of carbonyl (C=O) groups is 2. The number of carboxylic acids is 1. The van der Waals surface area contributed by atoms with E-state index in [0.717, 1.165) is 32.1 Å². The Morgan fingerprint density at radius 1 is 1.27 bits per heavy atom. The van der Waals surface area contributed by atoms with Gasteiger partial charge in [0.1, 0.15) is 0 Å². The third-order valence-electron chi connectivity index (χ3n) is 7.13. The second-order valence-corrected chi connectivity index (χ2v) is 9.46. The number of hydrogen-bond donors (Lipinski definition) is 1. The molecule has 0 spiro atoms. The first kappa shape index (κ1) is 21.0. The van der Waals surface area contributed by atoms with Gasteiger partial charge in [0.05, 0.1) is 6.61 Å². The van der Waals surface area contributed by atoms with Crippen LogP contribution in [0.25, 0.3) is 0 Å². The van der Waals surface area contributed by atoms with Crippen molar-refractivity contribution in [1.82, 2.24) is 0 Å². The molecule has 148 valence electrons. The minimum absolute atomic E-state index is 0.0693. The van der Waals surface area contributed by atoms with Crippen molar-refractivity contribution in [2.45, 2.75) is 79.6 Å². The van der Waals surface area contributed by atoms with E-state index < -0.39 is 5.97 Å². The second kappa shape index (κ2) is 8.14. The molecule has 0 aromatic heterocycles. The number of carbonyl (C=O) groups excluding carboxylic acids is 1. The number of ether oxygens (including phenoxy) is 1. The van der Waals surface area contributed by atoms with Crippen LogP contribution >= 0.6 is 0 Å². The molecule has 0 amide bonds. The quantitative estimate of drug-likeness (QED) is 0.629. The molecular weight excluding hydrogens is 328 g/mol. The fourth-order valence-electron chi connectivity index (χ4n) is 5.63. The normalized spacial score (nSPS) is 31.5. The van der Waals surface area contributed by atoms with Crippen LogP contribution in [0.5, 0.6) is 0 Å². The monoisotopic (exact) mass is 364 g/mol. The highest BCUT2D eigenvalue weighted by Crippen LogP contribution is 2.60. The molecule has 4 heteroatoms. The third kappa shape index (κ3) is 4.50. The van der Waals surface area contributed by atoms with Crippen LogP contribution in [-0.2, 0) is 14.3 Å². The Hall–Kier alpha value is -1.32. The molecular formula is C22H36O4. The van der Waals surface area contributed by atoms with E-state index in [1.807, 2.05) is 6.08 Å². The zero-order valence-corrected chi connectivity index (χ0v) is 17.1. The fraction of sp³-hybridized carbons (Fsp3) is 0.818. The molecule has 2 aliphatic carbocycles. The van der Waals surface area contributed by atoms with Gasteiger partial charge in [-0.15, -0.1) is 0 Å². The average Bonchev–Trinajstić information content (AvgIpc) is 2.51. The van der Waals surface area contributed by atoms with Crippen molar-refractivity contribution in [3.05, 3.63) is 11.6 Å². The molecule has 1 saturated carbocycles. The second-order valence-electron chi connectivity index (χ2n) is 9.46. The topological polar surface area (TPSA) is 63.6 Å². The van der Waals surface area contributed by atoms with Gasteiger partial charge >= 0.3 is 11.9 Å². The molecule has 1 N–H and O–H groups in total. The Kier molecular flexibility index (Phi) is 6.57. The Morgan fingerprint density at radius 2 is 1.96 bits per heavy atom. The summed E-state index contributed by atoms with van der Waals surface area (Å²) in [5, 5.41) is 9.79. The lowest BCUT2D eigenvalue weighted by molar-refractivity contribution is -0.141. The predicted molar refractivity (Wildman–Crippen MR) is 103 cm³/mol. The van der Waals surface area contributed by atoms with Gasteiger partial charge in [0.25, 0.3) is 0 Å². The van der Waals surface area contributed by atoms with Gasteiger partial charge in [-0.1, -0.05) is 40.2 Å². The first-order valence-corrected chi connectivity index (χ1v) is 10.1. The molecule has 0 saturated heterocycles. The number of allylic oxidation sites excluding steroid dienone is 1. The molecule has 0 aliphatic heterocycles. The first-order chi connectivity index (χ1) is 12.1. The van der Waals surface area contributed by atoms with Crippen molar-refractivity contribution in [3.8, 4) is 0 Å². The third-order valence-corrected chi connectivity index (χ3v) is 7.13. The van der Waals surface area contributed by atoms with Gasteiger partial charge in [0.15, 0.2) is 0 Å². The maximum absolute atomic E-state index is 11.9. The molecule has 4 atom stereocenters. The minimum Gasteiger partial charge on any atom is -0.478 e. The summed E-state index contributed by atoms with van der Waals surface area (Å²) in [6, 6.07) is 0. The van der Waals surface area contributed by atoms with Crippen LogP contribution in [0.2, 0.25) is 0 Å². The predicted octanol–water partition coefficient (Wildman–Crippen LogP) is 5.22. The molecule has 0 bridgehead atoms. The summed E-state index contributed by atoms with van der Waals surface area (Å²) in [6.07, 6.45) is 9.16. The Bertz CT molecular complexity index is 562. The summed E-state index contributed by atoms with van der Waals surface area (Å²) in [7, 11) is 0. The van der Waals surface area contributed by atoms with Crippen molar-refractivity contribution in [2.24, 2.45) is 28.6 Å². The molecule has 0 unspecified atom stereocenters. The van der Waals surface area contributed by atoms with E-state index in [1.54, 1.807) is 0 Å². The Balaban J connectivity index is 2.11. The molecule has 4 nitrogen and oxygen atoms in total. The van der Waals surface area contributed by atoms with Gasteiger partial charge in [-0.2, -0.15) is 0 Å². The minimum atomic E-state index is -0.745. The lowest BCUT2D eigenvalue weighted by Crippen LogP contribution is -2.49. The van der Waals surface area contributed by atoms with Crippen LogP contribution in [-0.4, -0.2) is 23.7 Å². The molecule has 0 heterocycles. The summed E-state index contributed by atoms with van der Waals surface area (Å²) >= 11 is 0. The average molecular weight is 365 g/mol. The van der Waals surface area contributed by atoms with Gasteiger partial charge < -0.3 is 9.84 Å². The molecule has 2 rings (SSSR count). The van der Waals surface area contributed by atoms with Crippen molar-refractivity contribution < 1.29 is 19.4 Å². The number of esters is 1. The molecule has 26 heavy (non-hydrogen) atoms. The van der Waals surface area contributed by atoms with Crippen molar-refractivity contribution >= 4 is 11.9 Å². The van der Waals surface area contributed by atoms with E-state index in [9.17, 15) is 14.7 Å². The number of hydrogen-bond acceptors (Lipinski definition) is 3. The van der Waals surface area contributed by atoms with Gasteiger partial charge in [-0.3, -0.25) is 4.79 Å². The summed E-state index contributed by atoms with van der Waals surface area (Å²) in [6.45, 7) is 11.1. The van der Waals surface area contributed by atoms with Crippen molar-refractivity contribution in [1.29, 1.82) is 0 Å². The van der Waals surface area contributed by atoms with E-state index in [1.165, 1.54) is 19.8 Å². The number of rotatable bonds is 7. The molecule has 1 fully saturated rings. The highest BCUT2D eigenvalue weighted by molar-refractivity contribution is 5.87. The van der Waals surface area contributed by atoms with Gasteiger partial charge in [0.2, 0.25) is 0 Å². The van der Waals surface area contributed by atoms with Crippen molar-refractivity contribution in [3.63, 3.8) is 0 Å². The molecule has 0 aromatic rings. The lowest BCUT2D eigenvalue weighted by atomic mass is 9.48. The zero-order chi connectivity index (χ0) is 19.5. The highest BCUT2D eigenvalue weighted by atomic mass is 16.5. The van der Waals surface area contributed by atoms with Crippen molar-refractivity contribution in [2.75, 3.05) is 6.61 Å². The highest BCUT2D eigenvalue weighted by Gasteiger charge is 2.53. The van der Waals surface area contributed by atoms with E-state index in [2.05, 4.69) is 27.7 Å². The molecule has 0 aromatic carbocycles. The summed E-state index contributed by atoms with van der Waals surface area (Å²) < 4.78 is 5.05. The van der Waals surface area contributed by atoms with E-state index in [4.69, 9.17) is 4.74 Å². The molecule has 0 radical (unpaired) electrons. The lowest BCUT2D eigenvalue weighted by Gasteiger charge is -2.56. The number of fused-ring (bicyclic) bond motifs is 1. The van der Waals surface area contributed by atoms with Crippen LogP contribution in [0.4, 0.5) is 0 Å². The van der Waals surface area contributed by atoms with Gasteiger partial charge in [-0.25, -0.2) is 4.79 Å². The van der Waals surface area contributed by atoms with Gasteiger partial charge in [0, 0.05) is 12.5 Å². The van der Waals surface area contributed by atoms with Crippen LogP contribution < -0.4 is 0 Å². The van der Waals surface area contributed by atoms with Crippen LogP contribution in [0.1, 0.15) is 79.6 Å². The summed E-state index contributed by atoms with van der Waals surface area (Å²) in [4.78, 5) is 22.8. The first-order valence-electron chi connectivity index (χ1n) is 10.1. The smallest absolute Gasteiger partial charge is 0.331 e. The van der Waals surface area contributed by atoms with Crippen LogP contribution in [0.3, 0.4) is 0 Å². The molecule has 2 aliphatic rings. The maximum Gasteiger partial charge on any atom is 0.331 e. The van der Waals surface area contributed by atoms with E-state index in [0.29, 0.717) is 24.0 Å². The van der Waals surface area contributed by atoms with E-state index in [-0.39, 0.29) is 22.7 Å². The van der Waals surface area contributed by atoms with Crippen LogP contribution in [0, 0.1) is 28.6 Å². The zero-order valence-electron chi connectivity index (χ0n) is 17.1. The fourth-order valence-corrected chi connectivity index (χ4v) is 5.63. The maximum atomic E-state index is 11.9. The van der Waals surface area contributed by atoms with Crippen LogP contribution in [0.15, 0.2) is 11.6 Å². The Morgan fingerprint density at radius 3 is 2.58 bits per heavy atom. The number of aliphatic carboxylic acids is 1. The summed E-state index contributed by atoms with van der Waals surface area (Å²) in [5.41, 5.74) is 0.973. The van der Waals surface area contributed by atoms with Gasteiger partial charge in [-0.05, 0) is 67.1 Å². The number of carboxylic acid groups (broad SMARTS) is 1. The van der Waals surface area contributed by atoms with E-state index >= 15 is 0 Å².